The quantitative estimate of drug-likeness (QED) is 0.404. The van der Waals surface area contributed by atoms with E-state index in [9.17, 15) is 0 Å². The summed E-state index contributed by atoms with van der Waals surface area (Å²) in [6.07, 6.45) is 4.92. The summed E-state index contributed by atoms with van der Waals surface area (Å²) in [5.41, 5.74) is 12.2. The summed E-state index contributed by atoms with van der Waals surface area (Å²) in [6.45, 7) is 6.32. The molecular formula is C26H21BN2O. The molecule has 2 aliphatic heterocycles. The minimum atomic E-state index is 0.105. The van der Waals surface area contributed by atoms with Crippen molar-refractivity contribution in [3.05, 3.63) is 89.0 Å². The first-order valence-electron chi connectivity index (χ1n) is 10.4. The molecule has 4 heteroatoms. The maximum atomic E-state index is 6.40. The van der Waals surface area contributed by atoms with Crippen LogP contribution in [0, 0.1) is 20.8 Å². The summed E-state index contributed by atoms with van der Waals surface area (Å²) in [7, 11) is 0. The van der Waals surface area contributed by atoms with Gasteiger partial charge in [-0.1, -0.05) is 35.9 Å². The zero-order chi connectivity index (χ0) is 20.4. The summed E-state index contributed by atoms with van der Waals surface area (Å²) < 4.78 is 6.40. The number of hydrogen-bond acceptors (Lipinski definition) is 3. The van der Waals surface area contributed by atoms with Crippen molar-refractivity contribution in [2.45, 2.75) is 27.2 Å². The van der Waals surface area contributed by atoms with Crippen molar-refractivity contribution in [2.75, 3.05) is 0 Å². The lowest BCUT2D eigenvalue weighted by Gasteiger charge is -2.34. The van der Waals surface area contributed by atoms with Crippen LogP contribution in [-0.2, 0) is 6.42 Å². The van der Waals surface area contributed by atoms with Gasteiger partial charge in [0.25, 0.3) is 6.71 Å². The third kappa shape index (κ3) is 2.53. The molecule has 0 N–H and O–H groups in total. The zero-order valence-corrected chi connectivity index (χ0v) is 17.4. The summed E-state index contributed by atoms with van der Waals surface area (Å²) in [5.74, 6) is 1.86. The van der Waals surface area contributed by atoms with Crippen LogP contribution in [0.15, 0.2) is 60.9 Å². The van der Waals surface area contributed by atoms with E-state index in [0.29, 0.717) is 0 Å². The van der Waals surface area contributed by atoms with Crippen molar-refractivity contribution in [1.29, 1.82) is 0 Å². The van der Waals surface area contributed by atoms with Crippen LogP contribution in [-0.4, -0.2) is 16.7 Å². The molecule has 0 aliphatic carbocycles. The normalized spacial score (nSPS) is 13.2. The van der Waals surface area contributed by atoms with Crippen LogP contribution in [0.1, 0.15) is 28.1 Å². The Balaban J connectivity index is 1.66. The molecule has 0 amide bonds. The molecule has 0 spiro atoms. The van der Waals surface area contributed by atoms with Crippen molar-refractivity contribution in [3.8, 4) is 22.6 Å². The lowest BCUT2D eigenvalue weighted by molar-refractivity contribution is 0.485. The maximum absolute atomic E-state index is 6.40. The predicted octanol–water partition coefficient (Wildman–Crippen LogP) is 3.59. The molecule has 2 aliphatic rings. The van der Waals surface area contributed by atoms with Gasteiger partial charge in [0.2, 0.25) is 0 Å². The topological polar surface area (TPSA) is 35.0 Å². The van der Waals surface area contributed by atoms with Crippen LogP contribution in [0.5, 0.6) is 11.5 Å². The predicted molar refractivity (Wildman–Crippen MR) is 122 cm³/mol. The fourth-order valence-electron chi connectivity index (χ4n) is 5.00. The number of aryl methyl sites for hydroxylation is 3. The minimum Gasteiger partial charge on any atom is -0.458 e. The molecule has 30 heavy (non-hydrogen) atoms. The highest BCUT2D eigenvalue weighted by molar-refractivity contribution is 6.97. The second kappa shape index (κ2) is 6.30. The molecule has 4 aromatic rings. The summed E-state index contributed by atoms with van der Waals surface area (Å²) in [6, 6.07) is 17.4. The van der Waals surface area contributed by atoms with E-state index in [1.807, 2.05) is 19.2 Å². The van der Waals surface area contributed by atoms with Crippen molar-refractivity contribution in [3.63, 3.8) is 0 Å². The molecule has 6 rings (SSSR count). The number of hydrogen-bond donors (Lipinski definition) is 0. The Kier molecular flexibility index (Phi) is 3.67. The standard InChI is InChI=1S/C26H21BN2O/c1-15-5-4-6-18(9-15)20-7-8-24-26-21(20)12-19-10-16(2)28-13-22(19)27(26)23-14-29-17(3)11-25(23)30-24/h4-11,13-14H,12H2,1-3H3. The SMILES string of the molecule is Cc1cccc(-c2ccc3c4c2Cc2cc(C)ncc2B4c2cnc(C)cc2O3)c1. The van der Waals surface area contributed by atoms with Gasteiger partial charge in [-0.3, -0.25) is 9.97 Å². The van der Waals surface area contributed by atoms with Gasteiger partial charge in [-0.05, 0) is 78.0 Å². The van der Waals surface area contributed by atoms with Crippen LogP contribution < -0.4 is 21.1 Å². The number of ether oxygens (including phenoxy) is 1. The van der Waals surface area contributed by atoms with E-state index in [1.165, 1.54) is 38.7 Å². The first kappa shape index (κ1) is 17.5. The zero-order valence-electron chi connectivity index (χ0n) is 17.4. The summed E-state index contributed by atoms with van der Waals surface area (Å²) in [4.78, 5) is 9.24. The second-order valence-electron chi connectivity index (χ2n) is 8.47. The van der Waals surface area contributed by atoms with E-state index in [1.54, 1.807) is 0 Å². The lowest BCUT2D eigenvalue weighted by atomic mass is 9.33. The molecule has 3 nitrogen and oxygen atoms in total. The highest BCUT2D eigenvalue weighted by Gasteiger charge is 2.40. The third-order valence-corrected chi connectivity index (χ3v) is 6.34. The molecule has 2 aromatic heterocycles. The summed E-state index contributed by atoms with van der Waals surface area (Å²) in [5, 5.41) is 0. The molecule has 0 saturated carbocycles. The molecule has 0 atom stereocenters. The average molecular weight is 388 g/mol. The van der Waals surface area contributed by atoms with Crippen LogP contribution in [0.25, 0.3) is 11.1 Å². The molecule has 0 unspecified atom stereocenters. The Labute approximate surface area is 176 Å². The van der Waals surface area contributed by atoms with Gasteiger partial charge in [0.1, 0.15) is 11.5 Å². The molecule has 0 fully saturated rings. The van der Waals surface area contributed by atoms with Crippen molar-refractivity contribution in [2.24, 2.45) is 0 Å². The van der Waals surface area contributed by atoms with Crippen molar-refractivity contribution >= 4 is 23.1 Å². The fourth-order valence-corrected chi connectivity index (χ4v) is 5.00. The Bertz CT molecular complexity index is 1330. The van der Waals surface area contributed by atoms with Crippen LogP contribution in [0.3, 0.4) is 0 Å². The van der Waals surface area contributed by atoms with E-state index < -0.39 is 0 Å². The van der Waals surface area contributed by atoms with E-state index in [2.05, 4.69) is 72.5 Å². The van der Waals surface area contributed by atoms with Gasteiger partial charge in [-0.15, -0.1) is 0 Å². The number of rotatable bonds is 1. The average Bonchev–Trinajstić information content (AvgIpc) is 2.73. The number of fused-ring (bicyclic) bond motifs is 4. The third-order valence-electron chi connectivity index (χ3n) is 6.34. The van der Waals surface area contributed by atoms with Gasteiger partial charge >= 0.3 is 0 Å². The first-order valence-corrected chi connectivity index (χ1v) is 10.4. The van der Waals surface area contributed by atoms with E-state index in [4.69, 9.17) is 4.74 Å². The van der Waals surface area contributed by atoms with E-state index in [0.717, 1.165) is 34.8 Å². The Morgan fingerprint density at radius 2 is 1.63 bits per heavy atom. The van der Waals surface area contributed by atoms with E-state index in [-0.39, 0.29) is 6.71 Å². The van der Waals surface area contributed by atoms with Crippen molar-refractivity contribution < 1.29 is 4.74 Å². The molecule has 2 aromatic carbocycles. The van der Waals surface area contributed by atoms with Crippen molar-refractivity contribution in [1.82, 2.24) is 9.97 Å². The van der Waals surface area contributed by atoms with Crippen LogP contribution in [0.4, 0.5) is 0 Å². The molecule has 0 bridgehead atoms. The number of pyridine rings is 2. The monoisotopic (exact) mass is 388 g/mol. The number of nitrogens with zero attached hydrogens (tertiary/aromatic N) is 2. The molecule has 0 radical (unpaired) electrons. The minimum absolute atomic E-state index is 0.105. The van der Waals surface area contributed by atoms with Gasteiger partial charge in [0.05, 0.1) is 0 Å². The van der Waals surface area contributed by atoms with E-state index >= 15 is 0 Å². The Morgan fingerprint density at radius 3 is 2.47 bits per heavy atom. The molecule has 4 heterocycles. The van der Waals surface area contributed by atoms with Gasteiger partial charge < -0.3 is 4.74 Å². The highest BCUT2D eigenvalue weighted by Crippen LogP contribution is 2.35. The molecule has 144 valence electrons. The molecule has 0 saturated heterocycles. The number of benzene rings is 2. The van der Waals surface area contributed by atoms with Crippen LogP contribution in [0.2, 0.25) is 0 Å². The lowest BCUT2D eigenvalue weighted by Crippen LogP contribution is -2.59. The molecular weight excluding hydrogens is 367 g/mol. The van der Waals surface area contributed by atoms with Crippen LogP contribution >= 0.6 is 0 Å². The van der Waals surface area contributed by atoms with Gasteiger partial charge in [0.15, 0.2) is 0 Å². The summed E-state index contributed by atoms with van der Waals surface area (Å²) >= 11 is 0. The first-order chi connectivity index (χ1) is 14.6. The van der Waals surface area contributed by atoms with Gasteiger partial charge in [-0.25, -0.2) is 0 Å². The number of aromatic nitrogens is 2. The second-order valence-corrected chi connectivity index (χ2v) is 8.47. The van der Waals surface area contributed by atoms with Gasteiger partial charge in [0, 0.05) is 29.8 Å². The maximum Gasteiger partial charge on any atom is 0.255 e. The van der Waals surface area contributed by atoms with Gasteiger partial charge in [-0.2, -0.15) is 0 Å². The smallest absolute Gasteiger partial charge is 0.255 e. The Morgan fingerprint density at radius 1 is 0.833 bits per heavy atom. The largest absolute Gasteiger partial charge is 0.458 e. The fraction of sp³-hybridized carbons (Fsp3) is 0.154. The highest BCUT2D eigenvalue weighted by atomic mass is 16.5. The Hall–Kier alpha value is -3.40.